The first-order chi connectivity index (χ1) is 11.7. The summed E-state index contributed by atoms with van der Waals surface area (Å²) >= 11 is 1.43. The fourth-order valence-corrected chi connectivity index (χ4v) is 3.12. The molecule has 0 amide bonds. The van der Waals surface area contributed by atoms with Gasteiger partial charge >= 0.3 is 5.97 Å². The molecular weight excluding hydrogens is 324 g/mol. The summed E-state index contributed by atoms with van der Waals surface area (Å²) < 4.78 is 15.7. The SMILES string of the molecule is CCOC(=O)/C=C(/Sc1cc(OC)ccc1OC)c1ccccc1. The molecular formula is C19H20O4S. The molecule has 0 aliphatic rings. The number of methoxy groups -OCH3 is 2. The van der Waals surface area contributed by atoms with Crippen molar-refractivity contribution in [3.63, 3.8) is 0 Å². The van der Waals surface area contributed by atoms with Crippen LogP contribution in [0.4, 0.5) is 0 Å². The van der Waals surface area contributed by atoms with Crippen LogP contribution < -0.4 is 9.47 Å². The molecule has 0 aromatic heterocycles. The fraction of sp³-hybridized carbons (Fsp3) is 0.211. The van der Waals surface area contributed by atoms with Crippen molar-refractivity contribution >= 4 is 22.6 Å². The van der Waals surface area contributed by atoms with Crippen LogP contribution in [-0.4, -0.2) is 26.8 Å². The highest BCUT2D eigenvalue weighted by Crippen LogP contribution is 2.41. The molecule has 5 heteroatoms. The van der Waals surface area contributed by atoms with Crippen LogP contribution in [0.25, 0.3) is 4.91 Å². The van der Waals surface area contributed by atoms with Gasteiger partial charge < -0.3 is 14.2 Å². The third kappa shape index (κ3) is 4.80. The summed E-state index contributed by atoms with van der Waals surface area (Å²) in [5, 5.41) is 0. The third-order valence-corrected chi connectivity index (χ3v) is 4.30. The van der Waals surface area contributed by atoms with Crippen molar-refractivity contribution in [2.24, 2.45) is 0 Å². The second-order valence-corrected chi connectivity index (χ2v) is 5.83. The molecule has 0 bridgehead atoms. The summed E-state index contributed by atoms with van der Waals surface area (Å²) in [5.74, 6) is 1.07. The largest absolute Gasteiger partial charge is 0.497 e. The van der Waals surface area contributed by atoms with Gasteiger partial charge in [-0.15, -0.1) is 0 Å². The van der Waals surface area contributed by atoms with Gasteiger partial charge in [0.1, 0.15) is 11.5 Å². The normalized spacial score (nSPS) is 11.0. The summed E-state index contributed by atoms with van der Waals surface area (Å²) in [5.41, 5.74) is 0.931. The van der Waals surface area contributed by atoms with E-state index in [0.717, 1.165) is 21.1 Å². The zero-order chi connectivity index (χ0) is 17.4. The number of thioether (sulfide) groups is 1. The van der Waals surface area contributed by atoms with Gasteiger partial charge in [0.2, 0.25) is 0 Å². The lowest BCUT2D eigenvalue weighted by Crippen LogP contribution is -2.00. The van der Waals surface area contributed by atoms with Gasteiger partial charge in [-0.2, -0.15) is 0 Å². The molecule has 0 fully saturated rings. The standard InChI is InChI=1S/C19H20O4S/c1-4-23-19(20)13-17(14-8-6-5-7-9-14)24-18-12-15(21-2)10-11-16(18)22-3/h5-13H,4H2,1-3H3/b17-13+. The molecule has 126 valence electrons. The maximum absolute atomic E-state index is 11.9. The molecule has 0 saturated heterocycles. The van der Waals surface area contributed by atoms with Gasteiger partial charge in [0.05, 0.1) is 25.7 Å². The van der Waals surface area contributed by atoms with E-state index in [1.807, 2.05) is 48.5 Å². The minimum absolute atomic E-state index is 0.338. The molecule has 4 nitrogen and oxygen atoms in total. The van der Waals surface area contributed by atoms with Gasteiger partial charge in [0, 0.05) is 11.0 Å². The molecule has 0 atom stereocenters. The van der Waals surface area contributed by atoms with Crippen molar-refractivity contribution in [2.75, 3.05) is 20.8 Å². The Morgan fingerprint density at radius 2 is 1.83 bits per heavy atom. The van der Waals surface area contributed by atoms with Crippen LogP contribution in [0.2, 0.25) is 0 Å². The highest BCUT2D eigenvalue weighted by molar-refractivity contribution is 8.08. The number of hydrogen-bond acceptors (Lipinski definition) is 5. The Hall–Kier alpha value is -2.40. The highest BCUT2D eigenvalue weighted by atomic mass is 32.2. The molecule has 24 heavy (non-hydrogen) atoms. The Balaban J connectivity index is 2.40. The summed E-state index contributed by atoms with van der Waals surface area (Å²) in [7, 11) is 3.23. The van der Waals surface area contributed by atoms with E-state index in [1.165, 1.54) is 17.8 Å². The Labute approximate surface area is 146 Å². The number of carbonyl (C=O) groups is 1. The summed E-state index contributed by atoms with van der Waals surface area (Å²) in [6.07, 6.45) is 1.50. The third-order valence-electron chi connectivity index (χ3n) is 3.18. The molecule has 0 N–H and O–H groups in total. The molecule has 2 aromatic rings. The molecule has 0 radical (unpaired) electrons. The molecule has 0 heterocycles. The average molecular weight is 344 g/mol. The van der Waals surface area contributed by atoms with Crippen molar-refractivity contribution in [1.29, 1.82) is 0 Å². The first kappa shape index (κ1) is 17.9. The number of rotatable bonds is 7. The lowest BCUT2D eigenvalue weighted by molar-refractivity contribution is -0.137. The summed E-state index contributed by atoms with van der Waals surface area (Å²) in [6.45, 7) is 2.12. The second-order valence-electron chi connectivity index (χ2n) is 4.75. The van der Waals surface area contributed by atoms with Crippen LogP contribution in [0.1, 0.15) is 12.5 Å². The van der Waals surface area contributed by atoms with Crippen LogP contribution in [0, 0.1) is 0 Å². The van der Waals surface area contributed by atoms with E-state index in [-0.39, 0.29) is 5.97 Å². The molecule has 0 saturated carbocycles. The molecule has 0 spiro atoms. The number of esters is 1. The molecule has 0 unspecified atom stereocenters. The minimum Gasteiger partial charge on any atom is -0.497 e. The average Bonchev–Trinajstić information content (AvgIpc) is 2.62. The van der Waals surface area contributed by atoms with Crippen molar-refractivity contribution < 1.29 is 19.0 Å². The Morgan fingerprint density at radius 3 is 2.46 bits per heavy atom. The van der Waals surface area contributed by atoms with Crippen LogP contribution in [0.3, 0.4) is 0 Å². The Bertz CT molecular complexity index is 711. The fourth-order valence-electron chi connectivity index (χ4n) is 2.05. The Kier molecular flexibility index (Phi) is 6.75. The summed E-state index contributed by atoms with van der Waals surface area (Å²) in [4.78, 5) is 13.6. The second kappa shape index (κ2) is 9.03. The maximum Gasteiger partial charge on any atom is 0.331 e. The molecule has 2 rings (SSSR count). The van der Waals surface area contributed by atoms with E-state index in [9.17, 15) is 4.79 Å². The smallest absolute Gasteiger partial charge is 0.331 e. The van der Waals surface area contributed by atoms with Crippen LogP contribution in [0.15, 0.2) is 59.5 Å². The van der Waals surface area contributed by atoms with Crippen molar-refractivity contribution in [3.8, 4) is 11.5 Å². The predicted octanol–water partition coefficient (Wildman–Crippen LogP) is 4.40. The van der Waals surface area contributed by atoms with Crippen LogP contribution in [-0.2, 0) is 9.53 Å². The van der Waals surface area contributed by atoms with Crippen LogP contribution >= 0.6 is 11.8 Å². The van der Waals surface area contributed by atoms with E-state index < -0.39 is 0 Å². The van der Waals surface area contributed by atoms with Crippen molar-refractivity contribution in [1.82, 2.24) is 0 Å². The number of hydrogen-bond donors (Lipinski definition) is 0. The van der Waals surface area contributed by atoms with Gasteiger partial charge in [0.25, 0.3) is 0 Å². The van der Waals surface area contributed by atoms with Crippen molar-refractivity contribution in [2.45, 2.75) is 11.8 Å². The quantitative estimate of drug-likeness (QED) is 0.423. The Morgan fingerprint density at radius 1 is 1.08 bits per heavy atom. The topological polar surface area (TPSA) is 44.8 Å². The number of carbonyl (C=O) groups excluding carboxylic acids is 1. The highest BCUT2D eigenvalue weighted by Gasteiger charge is 2.12. The zero-order valence-electron chi connectivity index (χ0n) is 13.9. The van der Waals surface area contributed by atoms with Crippen molar-refractivity contribution in [3.05, 3.63) is 60.2 Å². The van der Waals surface area contributed by atoms with E-state index >= 15 is 0 Å². The summed E-state index contributed by atoms with van der Waals surface area (Å²) in [6, 6.07) is 15.2. The van der Waals surface area contributed by atoms with Gasteiger partial charge in [-0.1, -0.05) is 42.1 Å². The van der Waals surface area contributed by atoms with Gasteiger partial charge in [-0.05, 0) is 30.7 Å². The van der Waals surface area contributed by atoms with E-state index in [0.29, 0.717) is 12.4 Å². The van der Waals surface area contributed by atoms with E-state index in [2.05, 4.69) is 0 Å². The molecule has 0 aliphatic heterocycles. The molecule has 0 aliphatic carbocycles. The lowest BCUT2D eigenvalue weighted by atomic mass is 10.2. The number of benzene rings is 2. The number of ether oxygens (including phenoxy) is 3. The minimum atomic E-state index is -0.370. The first-order valence-corrected chi connectivity index (χ1v) is 8.33. The predicted molar refractivity (Wildman–Crippen MR) is 96.5 cm³/mol. The van der Waals surface area contributed by atoms with E-state index in [4.69, 9.17) is 14.2 Å². The van der Waals surface area contributed by atoms with Gasteiger partial charge in [-0.3, -0.25) is 0 Å². The lowest BCUT2D eigenvalue weighted by Gasteiger charge is -2.12. The monoisotopic (exact) mass is 344 g/mol. The van der Waals surface area contributed by atoms with Gasteiger partial charge in [0.15, 0.2) is 0 Å². The van der Waals surface area contributed by atoms with Gasteiger partial charge in [-0.25, -0.2) is 4.79 Å². The zero-order valence-corrected chi connectivity index (χ0v) is 14.8. The van der Waals surface area contributed by atoms with E-state index in [1.54, 1.807) is 21.1 Å². The molecule has 2 aromatic carbocycles. The van der Waals surface area contributed by atoms with Crippen LogP contribution in [0.5, 0.6) is 11.5 Å². The maximum atomic E-state index is 11.9. The first-order valence-electron chi connectivity index (χ1n) is 7.51.